The van der Waals surface area contributed by atoms with E-state index >= 15 is 0 Å². The van der Waals surface area contributed by atoms with Gasteiger partial charge in [-0.2, -0.15) is 0 Å². The Morgan fingerprint density at radius 2 is 2.35 bits per heavy atom. The average Bonchev–Trinajstić information content (AvgIpc) is 2.78. The van der Waals surface area contributed by atoms with Crippen molar-refractivity contribution in [2.24, 2.45) is 5.92 Å². The first-order valence-corrected chi connectivity index (χ1v) is 8.28. The number of fused-ring (bicyclic) bond motifs is 1. The van der Waals surface area contributed by atoms with E-state index in [0.29, 0.717) is 15.4 Å². The van der Waals surface area contributed by atoms with Gasteiger partial charge in [0.2, 0.25) is 0 Å². The number of hydrogen-bond acceptors (Lipinski definition) is 2. The summed E-state index contributed by atoms with van der Waals surface area (Å²) in [6.45, 7) is 2.39. The van der Waals surface area contributed by atoms with E-state index in [1.165, 1.54) is 0 Å². The predicted molar refractivity (Wildman–Crippen MR) is 85.5 cm³/mol. The van der Waals surface area contributed by atoms with Gasteiger partial charge in [0.1, 0.15) is 11.6 Å². The van der Waals surface area contributed by atoms with Crippen molar-refractivity contribution in [1.82, 2.24) is 9.55 Å². The van der Waals surface area contributed by atoms with Crippen molar-refractivity contribution < 1.29 is 9.13 Å². The average molecular weight is 409 g/mol. The maximum absolute atomic E-state index is 13.8. The summed E-state index contributed by atoms with van der Waals surface area (Å²) >= 11 is 7.97. The Kier molecular flexibility index (Phi) is 4.47. The number of aromatic nitrogens is 2. The molecule has 0 saturated carbocycles. The Labute approximate surface area is 135 Å². The Morgan fingerprint density at radius 3 is 3.05 bits per heavy atom. The molecule has 0 spiro atoms. The molecule has 1 atom stereocenters. The van der Waals surface area contributed by atoms with Crippen molar-refractivity contribution >= 4 is 45.2 Å². The van der Waals surface area contributed by atoms with E-state index in [2.05, 4.69) is 4.98 Å². The zero-order valence-electron chi connectivity index (χ0n) is 10.9. The van der Waals surface area contributed by atoms with Crippen LogP contribution in [0.1, 0.15) is 18.7 Å². The SMILES string of the molecule is Fc1cc2c(cc1I)nc(CCl)n2CC1CCCOC1. The summed E-state index contributed by atoms with van der Waals surface area (Å²) in [5, 5.41) is 0. The number of nitrogens with zero attached hydrogens (tertiary/aromatic N) is 2. The summed E-state index contributed by atoms with van der Waals surface area (Å²) in [7, 11) is 0. The van der Waals surface area contributed by atoms with Crippen molar-refractivity contribution in [3.05, 3.63) is 27.3 Å². The summed E-state index contributed by atoms with van der Waals surface area (Å²) in [5.74, 6) is 1.37. The van der Waals surface area contributed by atoms with Crippen LogP contribution in [0, 0.1) is 15.3 Å². The molecule has 108 valence electrons. The quantitative estimate of drug-likeness (QED) is 0.568. The van der Waals surface area contributed by atoms with Crippen LogP contribution in [0.15, 0.2) is 12.1 Å². The summed E-state index contributed by atoms with van der Waals surface area (Å²) in [6, 6.07) is 3.33. The van der Waals surface area contributed by atoms with E-state index in [9.17, 15) is 4.39 Å². The van der Waals surface area contributed by atoms with E-state index in [4.69, 9.17) is 16.3 Å². The van der Waals surface area contributed by atoms with Crippen LogP contribution >= 0.6 is 34.2 Å². The molecule has 1 aromatic carbocycles. The largest absolute Gasteiger partial charge is 0.381 e. The lowest BCUT2D eigenvalue weighted by molar-refractivity contribution is 0.0485. The first kappa shape index (κ1) is 14.5. The minimum absolute atomic E-state index is 0.208. The fourth-order valence-corrected chi connectivity index (χ4v) is 3.34. The van der Waals surface area contributed by atoms with Gasteiger partial charge in [-0.25, -0.2) is 9.37 Å². The molecule has 0 bridgehead atoms. The second kappa shape index (κ2) is 6.15. The third-order valence-electron chi connectivity index (χ3n) is 3.68. The number of halogens is 3. The molecule has 0 aliphatic carbocycles. The van der Waals surface area contributed by atoms with Crippen molar-refractivity contribution in [1.29, 1.82) is 0 Å². The summed E-state index contributed by atoms with van der Waals surface area (Å²) in [4.78, 5) is 4.52. The van der Waals surface area contributed by atoms with Gasteiger partial charge in [-0.3, -0.25) is 0 Å². The molecule has 0 radical (unpaired) electrons. The maximum Gasteiger partial charge on any atom is 0.138 e. The lowest BCUT2D eigenvalue weighted by Gasteiger charge is -2.23. The van der Waals surface area contributed by atoms with Crippen molar-refractivity contribution in [3.63, 3.8) is 0 Å². The van der Waals surface area contributed by atoms with Gasteiger partial charge in [-0.15, -0.1) is 11.6 Å². The molecule has 1 aliphatic rings. The number of rotatable bonds is 3. The molecule has 1 unspecified atom stereocenters. The minimum atomic E-state index is -0.208. The molecular formula is C14H15ClFIN2O. The number of ether oxygens (including phenoxy) is 1. The van der Waals surface area contributed by atoms with Crippen LogP contribution < -0.4 is 0 Å². The normalized spacial score (nSPS) is 19.6. The lowest BCUT2D eigenvalue weighted by Crippen LogP contribution is -2.22. The molecule has 20 heavy (non-hydrogen) atoms. The number of alkyl halides is 1. The van der Waals surface area contributed by atoms with Crippen LogP contribution in [0.5, 0.6) is 0 Å². The molecule has 0 amide bonds. The summed E-state index contributed by atoms with van der Waals surface area (Å²) in [6.07, 6.45) is 2.22. The molecular weight excluding hydrogens is 394 g/mol. The van der Waals surface area contributed by atoms with E-state index in [0.717, 1.165) is 49.5 Å². The van der Waals surface area contributed by atoms with Crippen molar-refractivity contribution in [2.75, 3.05) is 13.2 Å². The topological polar surface area (TPSA) is 27.1 Å². The van der Waals surface area contributed by atoms with Crippen LogP contribution in [-0.4, -0.2) is 22.8 Å². The smallest absolute Gasteiger partial charge is 0.138 e. The molecule has 1 saturated heterocycles. The van der Waals surface area contributed by atoms with E-state index in [1.54, 1.807) is 12.1 Å². The maximum atomic E-state index is 13.8. The molecule has 3 rings (SSSR count). The summed E-state index contributed by atoms with van der Waals surface area (Å²) < 4.78 is 22.0. The fourth-order valence-electron chi connectivity index (χ4n) is 2.69. The molecule has 3 nitrogen and oxygen atoms in total. The molecule has 1 fully saturated rings. The number of benzene rings is 1. The van der Waals surface area contributed by atoms with Crippen LogP contribution in [0.3, 0.4) is 0 Å². The van der Waals surface area contributed by atoms with E-state index < -0.39 is 0 Å². The predicted octanol–water partition coefficient (Wildman–Crippen LogP) is 3.95. The second-order valence-corrected chi connectivity index (χ2v) is 6.54. The molecule has 2 aromatic rings. The highest BCUT2D eigenvalue weighted by Gasteiger charge is 2.19. The van der Waals surface area contributed by atoms with Crippen molar-refractivity contribution in [2.45, 2.75) is 25.3 Å². The fraction of sp³-hybridized carbons (Fsp3) is 0.500. The highest BCUT2D eigenvalue weighted by Crippen LogP contribution is 2.25. The van der Waals surface area contributed by atoms with Crippen LogP contribution in [0.4, 0.5) is 4.39 Å². The number of imidazole rings is 1. The van der Waals surface area contributed by atoms with Gasteiger partial charge in [-0.05, 0) is 41.5 Å². The van der Waals surface area contributed by atoms with Crippen molar-refractivity contribution in [3.8, 4) is 0 Å². The monoisotopic (exact) mass is 408 g/mol. The Balaban J connectivity index is 2.00. The molecule has 1 aromatic heterocycles. The van der Waals surface area contributed by atoms with Gasteiger partial charge in [0.15, 0.2) is 0 Å². The third-order valence-corrected chi connectivity index (χ3v) is 4.75. The Hall–Kier alpha value is -0.400. The summed E-state index contributed by atoms with van der Waals surface area (Å²) in [5.41, 5.74) is 1.63. The van der Waals surface area contributed by atoms with Gasteiger partial charge in [0.05, 0.1) is 27.1 Å². The van der Waals surface area contributed by atoms with E-state index in [-0.39, 0.29) is 5.82 Å². The lowest BCUT2D eigenvalue weighted by atomic mass is 10.0. The van der Waals surface area contributed by atoms with Gasteiger partial charge in [0, 0.05) is 25.1 Å². The third kappa shape index (κ3) is 2.80. The standard InChI is InChI=1S/C14H15ClFIN2O/c15-6-14-18-12-5-11(17)10(16)4-13(12)19(14)7-9-2-1-3-20-8-9/h4-5,9H,1-3,6-8H2. The van der Waals surface area contributed by atoms with Gasteiger partial charge < -0.3 is 9.30 Å². The minimum Gasteiger partial charge on any atom is -0.381 e. The zero-order chi connectivity index (χ0) is 14.1. The number of hydrogen-bond donors (Lipinski definition) is 0. The zero-order valence-corrected chi connectivity index (χ0v) is 13.8. The Morgan fingerprint density at radius 1 is 1.50 bits per heavy atom. The van der Waals surface area contributed by atoms with Gasteiger partial charge >= 0.3 is 0 Å². The van der Waals surface area contributed by atoms with Gasteiger partial charge in [0.25, 0.3) is 0 Å². The molecule has 6 heteroatoms. The Bertz CT molecular complexity index is 625. The highest BCUT2D eigenvalue weighted by atomic mass is 127. The first-order chi connectivity index (χ1) is 9.69. The van der Waals surface area contributed by atoms with Crippen LogP contribution in [0.25, 0.3) is 11.0 Å². The highest BCUT2D eigenvalue weighted by molar-refractivity contribution is 14.1. The van der Waals surface area contributed by atoms with Crippen LogP contribution in [-0.2, 0) is 17.2 Å². The molecule has 1 aliphatic heterocycles. The van der Waals surface area contributed by atoms with Gasteiger partial charge in [-0.1, -0.05) is 0 Å². The first-order valence-electron chi connectivity index (χ1n) is 6.67. The second-order valence-electron chi connectivity index (χ2n) is 5.11. The molecule has 0 N–H and O–H groups in total. The molecule has 2 heterocycles. The van der Waals surface area contributed by atoms with Crippen LogP contribution in [0.2, 0.25) is 0 Å². The van der Waals surface area contributed by atoms with E-state index in [1.807, 2.05) is 27.2 Å².